The minimum absolute atomic E-state index is 0.182. The highest BCUT2D eigenvalue weighted by atomic mass is 32.2. The Kier molecular flexibility index (Phi) is 7.08. The highest BCUT2D eigenvalue weighted by Gasteiger charge is 2.15. The van der Waals surface area contributed by atoms with E-state index in [9.17, 15) is 4.79 Å². The first-order valence-corrected chi connectivity index (χ1v) is 9.98. The number of methoxy groups -OCH3 is 4. The van der Waals surface area contributed by atoms with E-state index >= 15 is 0 Å². The minimum Gasteiger partial charge on any atom is -0.497 e. The summed E-state index contributed by atoms with van der Waals surface area (Å²) in [7, 11) is 6.20. The molecule has 0 radical (unpaired) electrons. The Morgan fingerprint density at radius 1 is 1.00 bits per heavy atom. The zero-order chi connectivity index (χ0) is 21.5. The Balaban J connectivity index is 1.68. The van der Waals surface area contributed by atoms with Crippen LogP contribution in [0.25, 0.3) is 5.69 Å². The van der Waals surface area contributed by atoms with Gasteiger partial charge in [-0.1, -0.05) is 11.8 Å². The monoisotopic (exact) mass is 429 g/mol. The molecule has 0 aliphatic heterocycles. The van der Waals surface area contributed by atoms with Crippen molar-refractivity contribution in [1.82, 2.24) is 9.55 Å². The summed E-state index contributed by atoms with van der Waals surface area (Å²) in [6.45, 7) is 0. The van der Waals surface area contributed by atoms with Gasteiger partial charge >= 0.3 is 0 Å². The third-order valence-corrected chi connectivity index (χ3v) is 5.21. The van der Waals surface area contributed by atoms with Crippen LogP contribution < -0.4 is 24.3 Å². The summed E-state index contributed by atoms with van der Waals surface area (Å²) in [6.07, 6.45) is 3.55. The molecule has 3 aromatic rings. The van der Waals surface area contributed by atoms with Crippen LogP contribution in [0.4, 0.5) is 5.69 Å². The lowest BCUT2D eigenvalue weighted by Gasteiger charge is -2.14. The Labute approximate surface area is 179 Å². The van der Waals surface area contributed by atoms with Gasteiger partial charge in [-0.25, -0.2) is 4.98 Å². The molecule has 1 amide bonds. The number of rotatable bonds is 9. The lowest BCUT2D eigenvalue weighted by molar-refractivity contribution is -0.113. The number of carbonyl (C=O) groups excluding carboxylic acids is 1. The van der Waals surface area contributed by atoms with Gasteiger partial charge in [0.15, 0.2) is 16.7 Å². The molecule has 8 nitrogen and oxygen atoms in total. The maximum absolute atomic E-state index is 12.5. The number of amides is 1. The standard InChI is InChI=1S/C21H23N3O5S/c1-26-16-7-5-15(6-8-16)24-10-9-22-21(24)30-13-19(25)23-14-11-17(27-2)20(29-4)18(12-14)28-3/h5-12H,13H2,1-4H3,(H,23,25). The second-order valence-electron chi connectivity index (χ2n) is 6.03. The van der Waals surface area contributed by atoms with Crippen molar-refractivity contribution in [2.45, 2.75) is 5.16 Å². The minimum atomic E-state index is -0.182. The highest BCUT2D eigenvalue weighted by Crippen LogP contribution is 2.40. The SMILES string of the molecule is COc1ccc(-n2ccnc2SCC(=O)Nc2cc(OC)c(OC)c(OC)c2)cc1. The van der Waals surface area contributed by atoms with Crippen molar-refractivity contribution >= 4 is 23.4 Å². The maximum Gasteiger partial charge on any atom is 0.234 e. The number of thioether (sulfide) groups is 1. The van der Waals surface area contributed by atoms with Crippen LogP contribution in [-0.2, 0) is 4.79 Å². The van der Waals surface area contributed by atoms with Gasteiger partial charge in [0, 0.05) is 35.9 Å². The summed E-state index contributed by atoms with van der Waals surface area (Å²) in [5.41, 5.74) is 1.48. The predicted molar refractivity (Wildman–Crippen MR) is 116 cm³/mol. The van der Waals surface area contributed by atoms with Crippen molar-refractivity contribution in [3.8, 4) is 28.7 Å². The van der Waals surface area contributed by atoms with Crippen molar-refractivity contribution in [1.29, 1.82) is 0 Å². The van der Waals surface area contributed by atoms with E-state index in [0.717, 1.165) is 11.4 Å². The number of imidazole rings is 1. The molecule has 0 unspecified atom stereocenters. The van der Waals surface area contributed by atoms with Crippen LogP contribution in [-0.4, -0.2) is 49.7 Å². The van der Waals surface area contributed by atoms with Crippen molar-refractivity contribution in [3.05, 3.63) is 48.8 Å². The molecule has 2 aromatic carbocycles. The van der Waals surface area contributed by atoms with Gasteiger partial charge in [-0.15, -0.1) is 0 Å². The number of nitrogens with zero attached hydrogens (tertiary/aromatic N) is 2. The first-order chi connectivity index (χ1) is 14.6. The van der Waals surface area contributed by atoms with Gasteiger partial charge in [-0.3, -0.25) is 9.36 Å². The normalized spacial score (nSPS) is 10.4. The van der Waals surface area contributed by atoms with Crippen LogP contribution >= 0.6 is 11.8 Å². The van der Waals surface area contributed by atoms with Gasteiger partial charge < -0.3 is 24.3 Å². The number of aromatic nitrogens is 2. The summed E-state index contributed by atoms with van der Waals surface area (Å²) in [6, 6.07) is 11.0. The van der Waals surface area contributed by atoms with Gasteiger partial charge in [0.25, 0.3) is 0 Å². The Morgan fingerprint density at radius 3 is 2.23 bits per heavy atom. The fourth-order valence-corrected chi connectivity index (χ4v) is 3.59. The molecule has 0 saturated carbocycles. The summed E-state index contributed by atoms with van der Waals surface area (Å²) in [5.74, 6) is 2.18. The number of hydrogen-bond donors (Lipinski definition) is 1. The molecule has 30 heavy (non-hydrogen) atoms. The van der Waals surface area contributed by atoms with E-state index in [-0.39, 0.29) is 11.7 Å². The second-order valence-corrected chi connectivity index (χ2v) is 6.97. The number of ether oxygens (including phenoxy) is 4. The van der Waals surface area contributed by atoms with Gasteiger partial charge in [0.2, 0.25) is 11.7 Å². The summed E-state index contributed by atoms with van der Waals surface area (Å²) >= 11 is 1.33. The fourth-order valence-electron chi connectivity index (χ4n) is 2.82. The van der Waals surface area contributed by atoms with E-state index in [1.165, 1.54) is 33.1 Å². The highest BCUT2D eigenvalue weighted by molar-refractivity contribution is 7.99. The second kappa shape index (κ2) is 9.93. The Morgan fingerprint density at radius 2 is 1.67 bits per heavy atom. The maximum atomic E-state index is 12.5. The number of hydrogen-bond acceptors (Lipinski definition) is 7. The molecule has 0 aliphatic rings. The molecule has 1 aromatic heterocycles. The molecule has 9 heteroatoms. The van der Waals surface area contributed by atoms with Crippen LogP contribution in [0.15, 0.2) is 53.9 Å². The third kappa shape index (κ3) is 4.80. The van der Waals surface area contributed by atoms with Crippen molar-refractivity contribution in [2.75, 3.05) is 39.5 Å². The van der Waals surface area contributed by atoms with E-state index in [2.05, 4.69) is 10.3 Å². The molecule has 1 heterocycles. The smallest absolute Gasteiger partial charge is 0.234 e. The first-order valence-electron chi connectivity index (χ1n) is 9.00. The molecule has 3 rings (SSSR count). The number of nitrogens with one attached hydrogen (secondary N) is 1. The number of anilines is 1. The van der Waals surface area contributed by atoms with Gasteiger partial charge in [0.1, 0.15) is 5.75 Å². The Bertz CT molecular complexity index is 979. The first kappa shape index (κ1) is 21.4. The van der Waals surface area contributed by atoms with Crippen LogP contribution in [0.5, 0.6) is 23.0 Å². The molecule has 0 saturated heterocycles. The quantitative estimate of drug-likeness (QED) is 0.520. The predicted octanol–water partition coefficient (Wildman–Crippen LogP) is 3.64. The van der Waals surface area contributed by atoms with Crippen LogP contribution in [0.1, 0.15) is 0 Å². The number of carbonyl (C=O) groups is 1. The fraction of sp³-hybridized carbons (Fsp3) is 0.238. The molecule has 1 N–H and O–H groups in total. The molecular weight excluding hydrogens is 406 g/mol. The van der Waals surface area contributed by atoms with Crippen LogP contribution in [0.3, 0.4) is 0 Å². The summed E-state index contributed by atoms with van der Waals surface area (Å²) < 4.78 is 23.0. The van der Waals surface area contributed by atoms with Crippen LogP contribution in [0.2, 0.25) is 0 Å². The zero-order valence-electron chi connectivity index (χ0n) is 17.2. The largest absolute Gasteiger partial charge is 0.497 e. The Hall–Kier alpha value is -3.33. The van der Waals surface area contributed by atoms with E-state index in [4.69, 9.17) is 18.9 Å². The molecule has 158 valence electrons. The van der Waals surface area contributed by atoms with E-state index in [0.29, 0.717) is 28.1 Å². The van der Waals surface area contributed by atoms with Crippen molar-refractivity contribution < 1.29 is 23.7 Å². The van der Waals surface area contributed by atoms with E-state index < -0.39 is 0 Å². The summed E-state index contributed by atoms with van der Waals surface area (Å²) in [4.78, 5) is 16.8. The molecule has 0 bridgehead atoms. The van der Waals surface area contributed by atoms with Gasteiger partial charge in [-0.2, -0.15) is 0 Å². The van der Waals surface area contributed by atoms with Crippen LogP contribution in [0, 0.1) is 0 Å². The zero-order valence-corrected chi connectivity index (χ0v) is 18.0. The molecule has 0 atom stereocenters. The van der Waals surface area contributed by atoms with Crippen molar-refractivity contribution in [3.63, 3.8) is 0 Å². The van der Waals surface area contributed by atoms with E-state index in [1.807, 2.05) is 35.0 Å². The molecular formula is C21H23N3O5S. The third-order valence-electron chi connectivity index (χ3n) is 4.24. The topological polar surface area (TPSA) is 83.8 Å². The molecule has 0 aliphatic carbocycles. The number of benzene rings is 2. The average Bonchev–Trinajstić information content (AvgIpc) is 3.25. The van der Waals surface area contributed by atoms with Crippen molar-refractivity contribution in [2.24, 2.45) is 0 Å². The average molecular weight is 429 g/mol. The van der Waals surface area contributed by atoms with Gasteiger partial charge in [-0.05, 0) is 24.3 Å². The summed E-state index contributed by atoms with van der Waals surface area (Å²) in [5, 5.41) is 3.56. The lowest BCUT2D eigenvalue weighted by atomic mass is 10.2. The van der Waals surface area contributed by atoms with E-state index in [1.54, 1.807) is 25.4 Å². The molecule has 0 fully saturated rings. The molecule has 0 spiro atoms. The van der Waals surface area contributed by atoms with Gasteiger partial charge in [0.05, 0.1) is 34.2 Å². The lowest BCUT2D eigenvalue weighted by Crippen LogP contribution is -2.15.